The lowest BCUT2D eigenvalue weighted by Crippen LogP contribution is -2.49. The van der Waals surface area contributed by atoms with E-state index in [9.17, 15) is 4.79 Å². The highest BCUT2D eigenvalue weighted by Gasteiger charge is 2.34. The van der Waals surface area contributed by atoms with Gasteiger partial charge in [-0.1, -0.05) is 71.0 Å². The van der Waals surface area contributed by atoms with Gasteiger partial charge in [0.05, 0.1) is 15.7 Å². The van der Waals surface area contributed by atoms with Crippen LogP contribution < -0.4 is 10.6 Å². The van der Waals surface area contributed by atoms with E-state index >= 15 is 0 Å². The lowest BCUT2D eigenvalue weighted by atomic mass is 10.3. The summed E-state index contributed by atoms with van der Waals surface area (Å²) >= 11 is 29.5. The zero-order valence-electron chi connectivity index (χ0n) is 9.81. The second-order valence-electron chi connectivity index (χ2n) is 3.64. The van der Waals surface area contributed by atoms with E-state index in [1.54, 1.807) is 25.1 Å². The molecule has 1 amide bonds. The van der Waals surface area contributed by atoms with E-state index in [1.165, 1.54) is 0 Å². The number of carbonyl (C=O) groups is 1. The largest absolute Gasteiger partial charge is 0.359 e. The molecule has 1 atom stereocenters. The number of benzene rings is 1. The average molecular weight is 364 g/mol. The van der Waals surface area contributed by atoms with Gasteiger partial charge in [-0.15, -0.1) is 0 Å². The zero-order chi connectivity index (χ0) is 14.6. The van der Waals surface area contributed by atoms with Crippen molar-refractivity contribution in [3.8, 4) is 0 Å². The highest BCUT2D eigenvalue weighted by molar-refractivity contribution is 6.68. The summed E-state index contributed by atoms with van der Waals surface area (Å²) < 4.78 is -1.76. The van der Waals surface area contributed by atoms with E-state index in [-0.39, 0.29) is 12.3 Å². The monoisotopic (exact) mass is 362 g/mol. The van der Waals surface area contributed by atoms with Gasteiger partial charge in [0.1, 0.15) is 6.17 Å². The smallest absolute Gasteiger partial charge is 0.228 e. The highest BCUT2D eigenvalue weighted by atomic mass is 35.6. The molecule has 1 aromatic carbocycles. The summed E-state index contributed by atoms with van der Waals surface area (Å²) in [5, 5.41) is 6.09. The minimum atomic E-state index is -1.76. The van der Waals surface area contributed by atoms with Crippen molar-refractivity contribution in [1.29, 1.82) is 0 Å². The maximum absolute atomic E-state index is 11.4. The molecule has 1 rings (SSSR count). The Labute approximate surface area is 136 Å². The molecule has 0 aliphatic carbocycles. The van der Waals surface area contributed by atoms with Crippen LogP contribution >= 0.6 is 58.0 Å². The fourth-order valence-corrected chi connectivity index (χ4v) is 2.08. The number of halogens is 5. The molecule has 0 bridgehead atoms. The van der Waals surface area contributed by atoms with Crippen molar-refractivity contribution < 1.29 is 4.79 Å². The van der Waals surface area contributed by atoms with Crippen LogP contribution in [0.5, 0.6) is 0 Å². The van der Waals surface area contributed by atoms with Crippen molar-refractivity contribution in [2.75, 3.05) is 5.32 Å². The number of anilines is 1. The number of hydrogen-bond donors (Lipinski definition) is 2. The summed E-state index contributed by atoms with van der Waals surface area (Å²) in [5.74, 6) is -0.271. The number of carbonyl (C=O) groups excluding carboxylic acids is 1. The molecule has 0 saturated heterocycles. The van der Waals surface area contributed by atoms with Crippen LogP contribution in [0.25, 0.3) is 0 Å². The third kappa shape index (κ3) is 5.09. The van der Waals surface area contributed by atoms with Gasteiger partial charge in [0, 0.05) is 6.42 Å². The maximum Gasteiger partial charge on any atom is 0.228 e. The van der Waals surface area contributed by atoms with Gasteiger partial charge < -0.3 is 10.6 Å². The first-order valence-corrected chi connectivity index (χ1v) is 7.21. The van der Waals surface area contributed by atoms with E-state index in [0.717, 1.165) is 0 Å². The first kappa shape index (κ1) is 17.0. The minimum absolute atomic E-state index is 0.259. The predicted molar refractivity (Wildman–Crippen MR) is 82.6 cm³/mol. The molecule has 19 heavy (non-hydrogen) atoms. The molecule has 0 spiro atoms. The quantitative estimate of drug-likeness (QED) is 0.604. The summed E-state index contributed by atoms with van der Waals surface area (Å²) in [6, 6.07) is 4.95. The molecule has 0 aliphatic rings. The second kappa shape index (κ2) is 7.09. The van der Waals surface area contributed by atoms with E-state index in [4.69, 9.17) is 58.0 Å². The third-order valence-electron chi connectivity index (χ3n) is 2.21. The minimum Gasteiger partial charge on any atom is -0.359 e. The van der Waals surface area contributed by atoms with Crippen molar-refractivity contribution in [2.45, 2.75) is 23.3 Å². The highest BCUT2D eigenvalue weighted by Crippen LogP contribution is 2.35. The third-order valence-corrected chi connectivity index (χ3v) is 3.49. The van der Waals surface area contributed by atoms with Crippen LogP contribution in [0.1, 0.15) is 13.3 Å². The normalized spacial score (nSPS) is 12.9. The van der Waals surface area contributed by atoms with Gasteiger partial charge in [0.25, 0.3) is 0 Å². The molecule has 2 N–H and O–H groups in total. The van der Waals surface area contributed by atoms with E-state index in [1.807, 2.05) is 0 Å². The van der Waals surface area contributed by atoms with E-state index in [0.29, 0.717) is 15.7 Å². The Morgan fingerprint density at radius 1 is 1.26 bits per heavy atom. The Hall–Kier alpha value is -0.0600. The van der Waals surface area contributed by atoms with Gasteiger partial charge in [0.2, 0.25) is 9.70 Å². The van der Waals surface area contributed by atoms with Crippen molar-refractivity contribution in [3.05, 3.63) is 28.2 Å². The van der Waals surface area contributed by atoms with Crippen LogP contribution in [-0.2, 0) is 4.79 Å². The first-order chi connectivity index (χ1) is 8.75. The molecule has 3 nitrogen and oxygen atoms in total. The molecule has 0 aliphatic heterocycles. The van der Waals surface area contributed by atoms with Crippen molar-refractivity contribution in [2.24, 2.45) is 0 Å². The standard InChI is InChI=1S/C11H11Cl5N2O/c1-2-8(19)17-10(11(14,15)16)18-9-6(12)4-3-5-7(9)13/h3-5,10,18H,2H2,1H3,(H,17,19). The van der Waals surface area contributed by atoms with Gasteiger partial charge in [-0.25, -0.2) is 0 Å². The molecular formula is C11H11Cl5N2O. The maximum atomic E-state index is 11.4. The van der Waals surface area contributed by atoms with E-state index in [2.05, 4.69) is 10.6 Å². The van der Waals surface area contributed by atoms with Crippen molar-refractivity contribution >= 4 is 69.6 Å². The number of alkyl halides is 3. The van der Waals surface area contributed by atoms with E-state index < -0.39 is 9.96 Å². The molecule has 1 aromatic rings. The molecule has 0 fully saturated rings. The second-order valence-corrected chi connectivity index (χ2v) is 6.82. The lowest BCUT2D eigenvalue weighted by molar-refractivity contribution is -0.121. The van der Waals surface area contributed by atoms with Crippen molar-refractivity contribution in [3.63, 3.8) is 0 Å². The molecule has 0 heterocycles. The number of para-hydroxylation sites is 1. The van der Waals surface area contributed by atoms with Gasteiger partial charge in [-0.2, -0.15) is 0 Å². The summed E-state index contributed by atoms with van der Waals surface area (Å²) in [6.45, 7) is 1.69. The topological polar surface area (TPSA) is 41.1 Å². The molecule has 106 valence electrons. The number of hydrogen-bond acceptors (Lipinski definition) is 2. The summed E-state index contributed by atoms with van der Waals surface area (Å²) in [6.07, 6.45) is -0.697. The van der Waals surface area contributed by atoms with Gasteiger partial charge in [0.15, 0.2) is 0 Å². The molecule has 0 aromatic heterocycles. The number of rotatable bonds is 4. The van der Waals surface area contributed by atoms with Crippen molar-refractivity contribution in [1.82, 2.24) is 5.32 Å². The first-order valence-electron chi connectivity index (χ1n) is 5.32. The summed E-state index contributed by atoms with van der Waals surface area (Å²) in [4.78, 5) is 11.4. The molecular weight excluding hydrogens is 353 g/mol. The Kier molecular flexibility index (Phi) is 6.34. The average Bonchev–Trinajstić information content (AvgIpc) is 2.30. The molecule has 1 unspecified atom stereocenters. The summed E-state index contributed by atoms with van der Waals surface area (Å²) in [7, 11) is 0. The number of nitrogens with one attached hydrogen (secondary N) is 2. The molecule has 8 heteroatoms. The van der Waals surface area contributed by atoms with Crippen LogP contribution in [0.4, 0.5) is 5.69 Å². The van der Waals surface area contributed by atoms with Gasteiger partial charge in [-0.05, 0) is 12.1 Å². The Bertz CT molecular complexity index is 441. The fourth-order valence-electron chi connectivity index (χ4n) is 1.24. The Balaban J connectivity index is 2.98. The number of amides is 1. The fraction of sp³-hybridized carbons (Fsp3) is 0.364. The lowest BCUT2D eigenvalue weighted by Gasteiger charge is -2.28. The van der Waals surface area contributed by atoms with Gasteiger partial charge >= 0.3 is 0 Å². The molecule has 0 radical (unpaired) electrons. The Morgan fingerprint density at radius 3 is 2.21 bits per heavy atom. The van der Waals surface area contributed by atoms with Crippen LogP contribution in [-0.4, -0.2) is 15.9 Å². The predicted octanol–water partition coefficient (Wildman–Crippen LogP) is 4.63. The van der Waals surface area contributed by atoms with Gasteiger partial charge in [-0.3, -0.25) is 4.79 Å². The Morgan fingerprint density at radius 2 is 1.79 bits per heavy atom. The van der Waals surface area contributed by atoms with Crippen LogP contribution in [0.3, 0.4) is 0 Å². The zero-order valence-corrected chi connectivity index (χ0v) is 13.6. The summed E-state index contributed by atoms with van der Waals surface area (Å²) in [5.41, 5.74) is 0.388. The van der Waals surface area contributed by atoms with Crippen LogP contribution in [0, 0.1) is 0 Å². The SMILES string of the molecule is CCC(=O)NC(Nc1c(Cl)cccc1Cl)C(Cl)(Cl)Cl. The van der Waals surface area contributed by atoms with Crippen LogP contribution in [0.2, 0.25) is 10.0 Å². The molecule has 0 saturated carbocycles. The van der Waals surface area contributed by atoms with Crippen LogP contribution in [0.15, 0.2) is 18.2 Å².